The van der Waals surface area contributed by atoms with E-state index in [-0.39, 0.29) is 5.41 Å². The quantitative estimate of drug-likeness (QED) is 0.836. The van der Waals surface area contributed by atoms with Gasteiger partial charge >= 0.3 is 0 Å². The highest BCUT2D eigenvalue weighted by Gasteiger charge is 2.35. The molecule has 1 saturated heterocycles. The average Bonchev–Trinajstić information content (AvgIpc) is 3.10. The van der Waals surface area contributed by atoms with E-state index in [0.29, 0.717) is 17.9 Å². The zero-order valence-corrected chi connectivity index (χ0v) is 12.3. The number of piperidine rings is 1. The summed E-state index contributed by atoms with van der Waals surface area (Å²) < 4.78 is 0. The molecule has 0 aromatic rings. The number of hydrogen-bond donors (Lipinski definition) is 1. The van der Waals surface area contributed by atoms with E-state index in [2.05, 4.69) is 17.1 Å². The minimum absolute atomic E-state index is 0.250. The van der Waals surface area contributed by atoms with Crippen molar-refractivity contribution in [3.05, 3.63) is 0 Å². The highest BCUT2D eigenvalue weighted by atomic mass is 16.2. The Labute approximate surface area is 111 Å². The van der Waals surface area contributed by atoms with Gasteiger partial charge in [-0.05, 0) is 25.2 Å². The molecule has 0 spiro atoms. The van der Waals surface area contributed by atoms with Crippen LogP contribution in [0.3, 0.4) is 0 Å². The van der Waals surface area contributed by atoms with Crippen LogP contribution in [0, 0.1) is 11.3 Å². The van der Waals surface area contributed by atoms with Crippen molar-refractivity contribution in [1.29, 1.82) is 0 Å². The molecule has 2 fully saturated rings. The second-order valence-corrected chi connectivity index (χ2v) is 7.11. The Hall–Kier alpha value is -0.570. The molecule has 1 amide bonds. The summed E-state index contributed by atoms with van der Waals surface area (Å²) in [6.45, 7) is 10.2. The van der Waals surface area contributed by atoms with Gasteiger partial charge in [-0.1, -0.05) is 34.1 Å². The van der Waals surface area contributed by atoms with Crippen molar-refractivity contribution >= 4 is 5.91 Å². The maximum Gasteiger partial charge on any atom is 0.228 e. The molecule has 1 saturated carbocycles. The van der Waals surface area contributed by atoms with Gasteiger partial charge in [0.25, 0.3) is 0 Å². The second-order valence-electron chi connectivity index (χ2n) is 7.11. The SMILES string of the molecule is CCC1CC(NC2CC2)CN(C(=O)C(C)(C)C)C1. The first-order valence-electron chi connectivity index (χ1n) is 7.45. The number of rotatable bonds is 3. The van der Waals surface area contributed by atoms with Crippen LogP contribution in [0.4, 0.5) is 0 Å². The zero-order valence-electron chi connectivity index (χ0n) is 12.3. The van der Waals surface area contributed by atoms with Gasteiger partial charge in [-0.2, -0.15) is 0 Å². The summed E-state index contributed by atoms with van der Waals surface area (Å²) in [5, 5.41) is 3.70. The van der Waals surface area contributed by atoms with Gasteiger partial charge in [0.15, 0.2) is 0 Å². The lowest BCUT2D eigenvalue weighted by Crippen LogP contribution is -2.54. The van der Waals surface area contributed by atoms with Crippen molar-refractivity contribution in [2.45, 2.75) is 65.5 Å². The van der Waals surface area contributed by atoms with E-state index in [0.717, 1.165) is 19.1 Å². The van der Waals surface area contributed by atoms with Gasteiger partial charge in [0, 0.05) is 30.6 Å². The van der Waals surface area contributed by atoms with Crippen LogP contribution in [-0.4, -0.2) is 36.0 Å². The number of nitrogens with one attached hydrogen (secondary N) is 1. The lowest BCUT2D eigenvalue weighted by molar-refractivity contribution is -0.142. The fourth-order valence-electron chi connectivity index (χ4n) is 2.84. The summed E-state index contributed by atoms with van der Waals surface area (Å²) in [6.07, 6.45) is 5.05. The molecule has 1 N–H and O–H groups in total. The molecular formula is C15H28N2O. The van der Waals surface area contributed by atoms with Gasteiger partial charge in [-0.3, -0.25) is 4.79 Å². The highest BCUT2D eigenvalue weighted by Crippen LogP contribution is 2.27. The van der Waals surface area contributed by atoms with E-state index in [1.54, 1.807) is 0 Å². The third kappa shape index (κ3) is 3.47. The van der Waals surface area contributed by atoms with Crippen LogP contribution in [0.15, 0.2) is 0 Å². The molecular weight excluding hydrogens is 224 g/mol. The Kier molecular flexibility index (Phi) is 4.00. The van der Waals surface area contributed by atoms with E-state index in [4.69, 9.17) is 0 Å². The summed E-state index contributed by atoms with van der Waals surface area (Å²) in [7, 11) is 0. The predicted molar refractivity (Wildman–Crippen MR) is 74.4 cm³/mol. The van der Waals surface area contributed by atoms with Gasteiger partial charge in [0.1, 0.15) is 0 Å². The summed E-state index contributed by atoms with van der Waals surface area (Å²) in [5.74, 6) is 0.976. The molecule has 1 aliphatic heterocycles. The second kappa shape index (κ2) is 5.20. The van der Waals surface area contributed by atoms with Crippen LogP contribution in [-0.2, 0) is 4.79 Å². The Morgan fingerprint density at radius 3 is 2.39 bits per heavy atom. The fourth-order valence-corrected chi connectivity index (χ4v) is 2.84. The standard InChI is InChI=1S/C15H28N2O/c1-5-11-8-13(16-12-6-7-12)10-17(9-11)14(18)15(2,3)4/h11-13,16H,5-10H2,1-4H3. The van der Waals surface area contributed by atoms with Crippen LogP contribution in [0.5, 0.6) is 0 Å². The molecule has 0 radical (unpaired) electrons. The highest BCUT2D eigenvalue weighted by molar-refractivity contribution is 5.81. The van der Waals surface area contributed by atoms with Crippen LogP contribution >= 0.6 is 0 Å². The van der Waals surface area contributed by atoms with Gasteiger partial charge in [0.2, 0.25) is 5.91 Å². The molecule has 1 aliphatic carbocycles. The number of nitrogens with zero attached hydrogens (tertiary/aromatic N) is 1. The summed E-state index contributed by atoms with van der Waals surface area (Å²) in [6, 6.07) is 1.25. The predicted octanol–water partition coefficient (Wildman–Crippen LogP) is 2.41. The molecule has 104 valence electrons. The number of carbonyl (C=O) groups is 1. The third-order valence-electron chi connectivity index (χ3n) is 4.09. The minimum atomic E-state index is -0.250. The number of likely N-dealkylation sites (tertiary alicyclic amines) is 1. The van der Waals surface area contributed by atoms with Gasteiger partial charge in [-0.25, -0.2) is 0 Å². The van der Waals surface area contributed by atoms with E-state index in [1.165, 1.54) is 25.7 Å². The first-order chi connectivity index (χ1) is 8.40. The Bertz CT molecular complexity index is 304. The minimum Gasteiger partial charge on any atom is -0.340 e. The third-order valence-corrected chi connectivity index (χ3v) is 4.09. The maximum atomic E-state index is 12.4. The van der Waals surface area contributed by atoms with E-state index >= 15 is 0 Å². The first kappa shape index (κ1) is 13.9. The van der Waals surface area contributed by atoms with Crippen molar-refractivity contribution in [3.63, 3.8) is 0 Å². The molecule has 2 unspecified atom stereocenters. The molecule has 3 heteroatoms. The Balaban J connectivity index is 1.98. The zero-order chi connectivity index (χ0) is 13.3. The lowest BCUT2D eigenvalue weighted by atomic mass is 9.88. The molecule has 0 aromatic heterocycles. The molecule has 1 heterocycles. The average molecular weight is 252 g/mol. The summed E-state index contributed by atoms with van der Waals surface area (Å²) in [5.41, 5.74) is -0.250. The molecule has 3 nitrogen and oxygen atoms in total. The molecule has 0 aromatic carbocycles. The van der Waals surface area contributed by atoms with Crippen molar-refractivity contribution < 1.29 is 4.79 Å². The molecule has 0 bridgehead atoms. The topological polar surface area (TPSA) is 32.3 Å². The van der Waals surface area contributed by atoms with Crippen molar-refractivity contribution in [2.24, 2.45) is 11.3 Å². The monoisotopic (exact) mass is 252 g/mol. The van der Waals surface area contributed by atoms with Crippen LogP contribution in [0.1, 0.15) is 53.4 Å². The van der Waals surface area contributed by atoms with E-state index < -0.39 is 0 Å². The summed E-state index contributed by atoms with van der Waals surface area (Å²) in [4.78, 5) is 14.5. The molecule has 2 aliphatic rings. The van der Waals surface area contributed by atoms with Crippen LogP contribution < -0.4 is 5.32 Å². The normalized spacial score (nSPS) is 29.4. The van der Waals surface area contributed by atoms with Gasteiger partial charge < -0.3 is 10.2 Å². The molecule has 2 atom stereocenters. The number of carbonyl (C=O) groups excluding carboxylic acids is 1. The van der Waals surface area contributed by atoms with E-state index in [9.17, 15) is 4.79 Å². The largest absolute Gasteiger partial charge is 0.340 e. The summed E-state index contributed by atoms with van der Waals surface area (Å²) >= 11 is 0. The Morgan fingerprint density at radius 2 is 1.89 bits per heavy atom. The van der Waals surface area contributed by atoms with Crippen molar-refractivity contribution in [2.75, 3.05) is 13.1 Å². The number of amides is 1. The van der Waals surface area contributed by atoms with Crippen LogP contribution in [0.25, 0.3) is 0 Å². The van der Waals surface area contributed by atoms with Gasteiger partial charge in [-0.15, -0.1) is 0 Å². The van der Waals surface area contributed by atoms with E-state index in [1.807, 2.05) is 20.8 Å². The smallest absolute Gasteiger partial charge is 0.228 e. The molecule has 18 heavy (non-hydrogen) atoms. The van der Waals surface area contributed by atoms with Crippen molar-refractivity contribution in [1.82, 2.24) is 10.2 Å². The lowest BCUT2D eigenvalue weighted by Gasteiger charge is -2.40. The van der Waals surface area contributed by atoms with Gasteiger partial charge in [0.05, 0.1) is 0 Å². The number of hydrogen-bond acceptors (Lipinski definition) is 2. The maximum absolute atomic E-state index is 12.4. The Morgan fingerprint density at radius 1 is 1.22 bits per heavy atom. The van der Waals surface area contributed by atoms with Crippen LogP contribution in [0.2, 0.25) is 0 Å². The fraction of sp³-hybridized carbons (Fsp3) is 0.933. The molecule has 2 rings (SSSR count). The first-order valence-corrected chi connectivity index (χ1v) is 7.45. The van der Waals surface area contributed by atoms with Crippen molar-refractivity contribution in [3.8, 4) is 0 Å².